The van der Waals surface area contributed by atoms with Crippen molar-refractivity contribution in [2.75, 3.05) is 26.8 Å². The molecule has 0 unspecified atom stereocenters. The summed E-state index contributed by atoms with van der Waals surface area (Å²) in [5.74, 6) is 0. The van der Waals surface area contributed by atoms with Crippen LogP contribution < -0.4 is 5.32 Å². The number of nitrogens with one attached hydrogen (secondary N) is 1. The predicted molar refractivity (Wildman–Crippen MR) is 29.6 cm³/mol. The molecule has 0 aromatic carbocycles. The Bertz CT molecular complexity index is 61.4. The molecule has 0 amide bonds. The molecular formula is C5H11NO2. The van der Waals surface area contributed by atoms with Crippen molar-refractivity contribution in [2.24, 2.45) is 0 Å². The van der Waals surface area contributed by atoms with E-state index in [1.165, 1.54) is 0 Å². The second kappa shape index (κ2) is 3.02. The summed E-state index contributed by atoms with van der Waals surface area (Å²) >= 11 is 0. The Morgan fingerprint density at radius 1 is 1.75 bits per heavy atom. The van der Waals surface area contributed by atoms with Crippen molar-refractivity contribution in [3.63, 3.8) is 0 Å². The number of methoxy groups -OCH3 is 1. The molecule has 1 fully saturated rings. The van der Waals surface area contributed by atoms with Gasteiger partial charge in [-0.3, -0.25) is 0 Å². The Hall–Kier alpha value is -0.120. The molecule has 0 aromatic heterocycles. The van der Waals surface area contributed by atoms with Crippen LogP contribution >= 0.6 is 0 Å². The van der Waals surface area contributed by atoms with E-state index < -0.39 is 0 Å². The molecule has 48 valence electrons. The molecule has 0 radical (unpaired) electrons. The van der Waals surface area contributed by atoms with Crippen molar-refractivity contribution in [3.05, 3.63) is 0 Å². The molecule has 1 rings (SSSR count). The molecule has 0 aliphatic carbocycles. The van der Waals surface area contributed by atoms with Crippen molar-refractivity contribution in [2.45, 2.75) is 6.29 Å². The van der Waals surface area contributed by atoms with Crippen LogP contribution in [0.25, 0.3) is 0 Å². The lowest BCUT2D eigenvalue weighted by Gasteiger charge is -2.21. The SMILES string of the molecule is CO[C@@H]1CNCCO1. The van der Waals surface area contributed by atoms with E-state index in [4.69, 9.17) is 9.47 Å². The summed E-state index contributed by atoms with van der Waals surface area (Å²) in [5.41, 5.74) is 0. The zero-order valence-corrected chi connectivity index (χ0v) is 5.02. The first kappa shape index (κ1) is 6.01. The van der Waals surface area contributed by atoms with Gasteiger partial charge < -0.3 is 14.8 Å². The van der Waals surface area contributed by atoms with E-state index in [1.807, 2.05) is 0 Å². The lowest BCUT2D eigenvalue weighted by Crippen LogP contribution is -2.39. The number of ether oxygens (including phenoxy) is 2. The zero-order chi connectivity index (χ0) is 5.82. The van der Waals surface area contributed by atoms with Gasteiger partial charge in [-0.1, -0.05) is 0 Å². The van der Waals surface area contributed by atoms with Crippen LogP contribution in [-0.4, -0.2) is 33.1 Å². The van der Waals surface area contributed by atoms with Gasteiger partial charge in [0.25, 0.3) is 0 Å². The molecule has 8 heavy (non-hydrogen) atoms. The van der Waals surface area contributed by atoms with Gasteiger partial charge in [0.05, 0.1) is 6.61 Å². The van der Waals surface area contributed by atoms with E-state index in [0.717, 1.165) is 19.7 Å². The van der Waals surface area contributed by atoms with Gasteiger partial charge in [0.1, 0.15) is 0 Å². The van der Waals surface area contributed by atoms with Crippen LogP contribution in [0.4, 0.5) is 0 Å². The van der Waals surface area contributed by atoms with E-state index in [0.29, 0.717) is 0 Å². The van der Waals surface area contributed by atoms with E-state index in [-0.39, 0.29) is 6.29 Å². The Morgan fingerprint density at radius 3 is 3.00 bits per heavy atom. The molecule has 0 aromatic rings. The Kier molecular flexibility index (Phi) is 2.27. The van der Waals surface area contributed by atoms with Crippen molar-refractivity contribution >= 4 is 0 Å². The number of hydrogen-bond acceptors (Lipinski definition) is 3. The smallest absolute Gasteiger partial charge is 0.169 e. The summed E-state index contributed by atoms with van der Waals surface area (Å²) in [5, 5.41) is 3.14. The summed E-state index contributed by atoms with van der Waals surface area (Å²) in [7, 11) is 1.65. The first-order chi connectivity index (χ1) is 3.93. The fourth-order valence-electron chi connectivity index (χ4n) is 0.693. The quantitative estimate of drug-likeness (QED) is 0.506. The Morgan fingerprint density at radius 2 is 2.62 bits per heavy atom. The van der Waals surface area contributed by atoms with E-state index in [9.17, 15) is 0 Å². The van der Waals surface area contributed by atoms with Crippen molar-refractivity contribution < 1.29 is 9.47 Å². The first-order valence-corrected chi connectivity index (χ1v) is 2.78. The maximum absolute atomic E-state index is 5.14. The van der Waals surface area contributed by atoms with Crippen molar-refractivity contribution in [1.82, 2.24) is 5.32 Å². The highest BCUT2D eigenvalue weighted by Crippen LogP contribution is 1.93. The first-order valence-electron chi connectivity index (χ1n) is 2.78. The summed E-state index contributed by atoms with van der Waals surface area (Å²) in [6.07, 6.45) is -0.0243. The highest BCUT2D eigenvalue weighted by atomic mass is 16.7. The molecule has 0 bridgehead atoms. The normalized spacial score (nSPS) is 30.4. The van der Waals surface area contributed by atoms with Crippen molar-refractivity contribution in [1.29, 1.82) is 0 Å². The van der Waals surface area contributed by atoms with E-state index >= 15 is 0 Å². The second-order valence-electron chi connectivity index (χ2n) is 1.74. The van der Waals surface area contributed by atoms with Crippen LogP contribution in [-0.2, 0) is 9.47 Å². The van der Waals surface area contributed by atoms with Gasteiger partial charge in [-0.2, -0.15) is 0 Å². The van der Waals surface area contributed by atoms with Gasteiger partial charge in [0.15, 0.2) is 6.29 Å². The molecule has 1 atom stereocenters. The minimum Gasteiger partial charge on any atom is -0.355 e. The fourth-order valence-corrected chi connectivity index (χ4v) is 0.693. The number of rotatable bonds is 1. The average Bonchev–Trinajstić information content (AvgIpc) is 1.90. The third-order valence-corrected chi connectivity index (χ3v) is 1.16. The summed E-state index contributed by atoms with van der Waals surface area (Å²) in [4.78, 5) is 0. The van der Waals surface area contributed by atoms with Crippen LogP contribution in [0.15, 0.2) is 0 Å². The Balaban J connectivity index is 2.13. The highest BCUT2D eigenvalue weighted by Gasteiger charge is 2.09. The maximum Gasteiger partial charge on any atom is 0.169 e. The van der Waals surface area contributed by atoms with Gasteiger partial charge in [-0.05, 0) is 0 Å². The molecule has 1 aliphatic rings. The molecule has 1 saturated heterocycles. The van der Waals surface area contributed by atoms with Gasteiger partial charge in [0.2, 0.25) is 0 Å². The largest absolute Gasteiger partial charge is 0.355 e. The lowest BCUT2D eigenvalue weighted by atomic mass is 10.5. The summed E-state index contributed by atoms with van der Waals surface area (Å²) < 4.78 is 10.0. The molecule has 1 N–H and O–H groups in total. The predicted octanol–water partition coefficient (Wildman–Crippen LogP) is -0.421. The lowest BCUT2D eigenvalue weighted by molar-refractivity contribution is -0.135. The van der Waals surface area contributed by atoms with Crippen LogP contribution in [0.3, 0.4) is 0 Å². The minimum absolute atomic E-state index is 0.0243. The van der Waals surface area contributed by atoms with Gasteiger partial charge in [-0.15, -0.1) is 0 Å². The molecule has 1 aliphatic heterocycles. The van der Waals surface area contributed by atoms with Gasteiger partial charge in [-0.25, -0.2) is 0 Å². The summed E-state index contributed by atoms with van der Waals surface area (Å²) in [6, 6.07) is 0. The molecule has 3 nitrogen and oxygen atoms in total. The van der Waals surface area contributed by atoms with Crippen LogP contribution in [0.5, 0.6) is 0 Å². The van der Waals surface area contributed by atoms with Crippen molar-refractivity contribution in [3.8, 4) is 0 Å². The van der Waals surface area contributed by atoms with E-state index in [1.54, 1.807) is 7.11 Å². The van der Waals surface area contributed by atoms with Crippen LogP contribution in [0.2, 0.25) is 0 Å². The Labute approximate surface area is 49.0 Å². The standard InChI is InChI=1S/C5H11NO2/c1-7-5-4-6-2-3-8-5/h5-6H,2-4H2,1H3/t5-/m0/s1. The van der Waals surface area contributed by atoms with E-state index in [2.05, 4.69) is 5.32 Å². The number of hydrogen-bond donors (Lipinski definition) is 1. The molecule has 3 heteroatoms. The molecule has 0 saturated carbocycles. The van der Waals surface area contributed by atoms with Crippen LogP contribution in [0, 0.1) is 0 Å². The van der Waals surface area contributed by atoms with Crippen LogP contribution in [0.1, 0.15) is 0 Å². The zero-order valence-electron chi connectivity index (χ0n) is 5.02. The molecule has 0 spiro atoms. The average molecular weight is 117 g/mol. The molecule has 1 heterocycles. The van der Waals surface area contributed by atoms with Gasteiger partial charge in [0, 0.05) is 20.2 Å². The second-order valence-corrected chi connectivity index (χ2v) is 1.74. The summed E-state index contributed by atoms with van der Waals surface area (Å²) in [6.45, 7) is 2.52. The molecular weight excluding hydrogens is 106 g/mol. The number of morpholine rings is 1. The third-order valence-electron chi connectivity index (χ3n) is 1.16. The fraction of sp³-hybridized carbons (Fsp3) is 1.00. The highest BCUT2D eigenvalue weighted by molar-refractivity contribution is 4.56. The topological polar surface area (TPSA) is 30.5 Å². The monoisotopic (exact) mass is 117 g/mol. The van der Waals surface area contributed by atoms with Gasteiger partial charge >= 0.3 is 0 Å². The third kappa shape index (κ3) is 1.43. The maximum atomic E-state index is 5.14. The minimum atomic E-state index is -0.0243.